The van der Waals surface area contributed by atoms with Gasteiger partial charge in [0.15, 0.2) is 6.10 Å². The van der Waals surface area contributed by atoms with E-state index in [0.717, 1.165) is 37.0 Å². The zero-order valence-corrected chi connectivity index (χ0v) is 27.4. The smallest absolute Gasteiger partial charge is 0.335 e. The van der Waals surface area contributed by atoms with Gasteiger partial charge in [-0.25, -0.2) is 4.79 Å². The van der Waals surface area contributed by atoms with Crippen LogP contribution < -0.4 is 4.74 Å². The third-order valence-corrected chi connectivity index (χ3v) is 8.29. The van der Waals surface area contributed by atoms with Gasteiger partial charge in [-0.3, -0.25) is 0 Å². The maximum absolute atomic E-state index is 12.2. The van der Waals surface area contributed by atoms with E-state index in [1.165, 1.54) is 38.9 Å². The van der Waals surface area contributed by atoms with E-state index in [9.17, 15) is 4.79 Å². The number of fused-ring (bicyclic) bond motifs is 2. The topological polar surface area (TPSA) is 54.0 Å². The standard InChI is InChI=1S/C41H46O5/c1-4-10-31-17-23-37-34(27-31)19-20-35-28-32(14-13-30-11-8-7-9-12-30)18-24-38(35)40(37)46-26-25-45-36-21-15-33(16-22-36)29-39(43-5-2)41(42)44-6-3/h7-9,11-12,15-24,27-28,39-40H,4-6,10,13-14,25-26,29H2,1-3H3. The van der Waals surface area contributed by atoms with Gasteiger partial charge in [0.2, 0.25) is 0 Å². The van der Waals surface area contributed by atoms with Gasteiger partial charge in [0.05, 0.1) is 13.2 Å². The van der Waals surface area contributed by atoms with Crippen LogP contribution >= 0.6 is 0 Å². The Kier molecular flexibility index (Phi) is 12.2. The van der Waals surface area contributed by atoms with Crippen LogP contribution in [0.1, 0.15) is 77.8 Å². The van der Waals surface area contributed by atoms with Gasteiger partial charge in [0.25, 0.3) is 0 Å². The summed E-state index contributed by atoms with van der Waals surface area (Å²) in [4.78, 5) is 12.2. The predicted octanol–water partition coefficient (Wildman–Crippen LogP) is 8.60. The average molecular weight is 619 g/mol. The number of esters is 1. The molecule has 0 amide bonds. The van der Waals surface area contributed by atoms with Gasteiger partial charge in [0.1, 0.15) is 18.5 Å². The first-order valence-corrected chi connectivity index (χ1v) is 16.7. The summed E-state index contributed by atoms with van der Waals surface area (Å²) in [6.07, 6.45) is 8.33. The number of benzene rings is 4. The molecule has 0 aromatic heterocycles. The number of carbonyl (C=O) groups is 1. The molecule has 0 aliphatic heterocycles. The molecule has 1 aliphatic carbocycles. The van der Waals surface area contributed by atoms with Crippen molar-refractivity contribution in [3.63, 3.8) is 0 Å². The van der Waals surface area contributed by atoms with Gasteiger partial charge in [-0.05, 0) is 89.8 Å². The number of hydrogen-bond donors (Lipinski definition) is 0. The maximum atomic E-state index is 12.2. The van der Waals surface area contributed by atoms with E-state index in [1.807, 2.05) is 31.2 Å². The number of ether oxygens (including phenoxy) is 4. The molecule has 240 valence electrons. The first kappa shape index (κ1) is 33.2. The van der Waals surface area contributed by atoms with Gasteiger partial charge >= 0.3 is 5.97 Å². The molecule has 4 aromatic rings. The Morgan fingerprint density at radius 2 is 1.30 bits per heavy atom. The van der Waals surface area contributed by atoms with Crippen molar-refractivity contribution in [3.05, 3.63) is 136 Å². The van der Waals surface area contributed by atoms with Crippen LogP contribution in [0.4, 0.5) is 0 Å². The quantitative estimate of drug-likeness (QED) is 0.0930. The minimum absolute atomic E-state index is 0.191. The minimum atomic E-state index is -0.608. The van der Waals surface area contributed by atoms with Crippen LogP contribution in [0.2, 0.25) is 0 Å². The molecular formula is C41H46O5. The minimum Gasteiger partial charge on any atom is -0.491 e. The van der Waals surface area contributed by atoms with Gasteiger partial charge in [0, 0.05) is 13.0 Å². The highest BCUT2D eigenvalue weighted by Gasteiger charge is 2.23. The second kappa shape index (κ2) is 16.9. The molecule has 0 saturated heterocycles. The molecule has 4 aromatic carbocycles. The Morgan fingerprint density at radius 3 is 1.93 bits per heavy atom. The SMILES string of the molecule is CCCc1ccc2c(c1)C=Cc1cc(CCc3ccccc3)ccc1C2OCCOc1ccc(CC(OCC)C(=O)OCC)cc1. The van der Waals surface area contributed by atoms with Crippen LogP contribution in [-0.2, 0) is 44.7 Å². The summed E-state index contributed by atoms with van der Waals surface area (Å²) in [7, 11) is 0. The summed E-state index contributed by atoms with van der Waals surface area (Å²) in [5, 5.41) is 0. The molecule has 5 heteroatoms. The first-order chi connectivity index (χ1) is 22.6. The molecule has 5 rings (SSSR count). The van der Waals surface area contributed by atoms with E-state index >= 15 is 0 Å². The van der Waals surface area contributed by atoms with Crippen LogP contribution in [0.25, 0.3) is 12.2 Å². The molecule has 0 spiro atoms. The molecule has 0 saturated carbocycles. The van der Waals surface area contributed by atoms with Gasteiger partial charge in [-0.2, -0.15) is 0 Å². The van der Waals surface area contributed by atoms with Gasteiger partial charge in [-0.15, -0.1) is 0 Å². The molecule has 0 heterocycles. The largest absolute Gasteiger partial charge is 0.491 e. The maximum Gasteiger partial charge on any atom is 0.335 e. The van der Waals surface area contributed by atoms with Crippen molar-refractivity contribution in [1.82, 2.24) is 0 Å². The van der Waals surface area contributed by atoms with E-state index in [4.69, 9.17) is 18.9 Å². The lowest BCUT2D eigenvalue weighted by Gasteiger charge is -2.22. The summed E-state index contributed by atoms with van der Waals surface area (Å²) in [5.41, 5.74) is 9.78. The zero-order chi connectivity index (χ0) is 32.1. The predicted molar refractivity (Wildman–Crippen MR) is 185 cm³/mol. The molecule has 2 unspecified atom stereocenters. The Morgan fingerprint density at radius 1 is 0.674 bits per heavy atom. The molecule has 1 aliphatic rings. The molecule has 46 heavy (non-hydrogen) atoms. The lowest BCUT2D eigenvalue weighted by molar-refractivity contribution is -0.156. The van der Waals surface area contributed by atoms with Gasteiger partial charge < -0.3 is 18.9 Å². The fourth-order valence-electron chi connectivity index (χ4n) is 5.98. The monoisotopic (exact) mass is 618 g/mol. The summed E-state index contributed by atoms with van der Waals surface area (Å²) in [6.45, 7) is 7.54. The molecule has 0 radical (unpaired) electrons. The summed E-state index contributed by atoms with van der Waals surface area (Å²) >= 11 is 0. The molecule has 0 bridgehead atoms. The number of hydrogen-bond acceptors (Lipinski definition) is 5. The first-order valence-electron chi connectivity index (χ1n) is 16.7. The third kappa shape index (κ3) is 8.96. The summed E-state index contributed by atoms with van der Waals surface area (Å²) < 4.78 is 23.5. The lowest BCUT2D eigenvalue weighted by Crippen LogP contribution is -2.28. The van der Waals surface area contributed by atoms with E-state index in [2.05, 4.69) is 85.8 Å². The van der Waals surface area contributed by atoms with Crippen molar-refractivity contribution in [1.29, 1.82) is 0 Å². The Labute approximate surface area is 274 Å². The van der Waals surface area contributed by atoms with Crippen molar-refractivity contribution < 1.29 is 23.7 Å². The molecule has 0 N–H and O–H groups in total. The third-order valence-electron chi connectivity index (χ3n) is 8.29. The second-order valence-electron chi connectivity index (χ2n) is 11.6. The van der Waals surface area contributed by atoms with Crippen molar-refractivity contribution in [2.45, 2.75) is 65.1 Å². The second-order valence-corrected chi connectivity index (χ2v) is 11.6. The Hall–Kier alpha value is -4.19. The molecule has 5 nitrogen and oxygen atoms in total. The fourth-order valence-corrected chi connectivity index (χ4v) is 5.98. The van der Waals surface area contributed by atoms with Gasteiger partial charge in [-0.1, -0.05) is 104 Å². The Balaban J connectivity index is 1.25. The fraction of sp³-hybridized carbons (Fsp3) is 0.341. The Bertz CT molecular complexity index is 1570. The molecule has 0 fully saturated rings. The zero-order valence-electron chi connectivity index (χ0n) is 27.4. The summed E-state index contributed by atoms with van der Waals surface area (Å²) in [6, 6.07) is 32.0. The van der Waals surface area contributed by atoms with Crippen molar-refractivity contribution in [2.24, 2.45) is 0 Å². The number of carbonyl (C=O) groups excluding carboxylic acids is 1. The van der Waals surface area contributed by atoms with E-state index in [-0.39, 0.29) is 12.1 Å². The van der Waals surface area contributed by atoms with Crippen LogP contribution in [0, 0.1) is 0 Å². The van der Waals surface area contributed by atoms with Crippen LogP contribution in [0.15, 0.2) is 91.0 Å². The molecule has 2 atom stereocenters. The average Bonchev–Trinajstić information content (AvgIpc) is 3.23. The highest BCUT2D eigenvalue weighted by Crippen LogP contribution is 2.36. The molecular weight excluding hydrogens is 572 g/mol. The van der Waals surface area contributed by atoms with Crippen molar-refractivity contribution >= 4 is 18.1 Å². The van der Waals surface area contributed by atoms with Crippen molar-refractivity contribution in [2.75, 3.05) is 26.4 Å². The van der Waals surface area contributed by atoms with Crippen LogP contribution in [-0.4, -0.2) is 38.5 Å². The highest BCUT2D eigenvalue weighted by molar-refractivity contribution is 5.77. The van der Waals surface area contributed by atoms with Crippen molar-refractivity contribution in [3.8, 4) is 5.75 Å². The van der Waals surface area contributed by atoms with Crippen LogP contribution in [0.3, 0.4) is 0 Å². The number of aryl methyl sites for hydroxylation is 3. The van der Waals surface area contributed by atoms with E-state index in [1.54, 1.807) is 6.92 Å². The van der Waals surface area contributed by atoms with E-state index < -0.39 is 6.10 Å². The van der Waals surface area contributed by atoms with Crippen LogP contribution in [0.5, 0.6) is 5.75 Å². The highest BCUT2D eigenvalue weighted by atomic mass is 16.6. The normalized spacial score (nSPS) is 14.2. The lowest BCUT2D eigenvalue weighted by atomic mass is 9.93. The summed E-state index contributed by atoms with van der Waals surface area (Å²) in [5.74, 6) is 0.427. The number of rotatable bonds is 16. The van der Waals surface area contributed by atoms with E-state index in [0.29, 0.717) is 32.8 Å².